The van der Waals surface area contributed by atoms with Crippen molar-refractivity contribution < 1.29 is 19.1 Å². The third-order valence-electron chi connectivity index (χ3n) is 3.62. The Bertz CT molecular complexity index is 925. The standard InChI is InChI=1S/C18H16N2O5S/c1-23-16-9-5-6-13(17(16)24-2)18-19-12(11-26-18)10-25-15-8-4-3-7-14(15)20(21)22/h3-9,11H,10H2,1-2H3. The summed E-state index contributed by atoms with van der Waals surface area (Å²) in [6.07, 6.45) is 0. The van der Waals surface area contributed by atoms with E-state index in [2.05, 4.69) is 4.98 Å². The Balaban J connectivity index is 1.81. The maximum absolute atomic E-state index is 11.0. The lowest BCUT2D eigenvalue weighted by Crippen LogP contribution is -1.99. The second kappa shape index (κ2) is 7.83. The van der Waals surface area contributed by atoms with Gasteiger partial charge in [0.25, 0.3) is 0 Å². The summed E-state index contributed by atoms with van der Waals surface area (Å²) in [4.78, 5) is 15.1. The minimum atomic E-state index is -0.469. The van der Waals surface area contributed by atoms with E-state index in [4.69, 9.17) is 14.2 Å². The summed E-state index contributed by atoms with van der Waals surface area (Å²) < 4.78 is 16.3. The fourth-order valence-corrected chi connectivity index (χ4v) is 3.26. The number of nitrogens with zero attached hydrogens (tertiary/aromatic N) is 2. The van der Waals surface area contributed by atoms with Crippen molar-refractivity contribution >= 4 is 17.0 Å². The molecule has 8 heteroatoms. The van der Waals surface area contributed by atoms with E-state index in [0.29, 0.717) is 17.2 Å². The van der Waals surface area contributed by atoms with Gasteiger partial charge < -0.3 is 14.2 Å². The molecular weight excluding hydrogens is 356 g/mol. The van der Waals surface area contributed by atoms with E-state index < -0.39 is 4.92 Å². The largest absolute Gasteiger partial charge is 0.493 e. The predicted molar refractivity (Wildman–Crippen MR) is 98.1 cm³/mol. The second-order valence-electron chi connectivity index (χ2n) is 5.20. The van der Waals surface area contributed by atoms with Crippen molar-refractivity contribution in [3.63, 3.8) is 0 Å². The molecule has 0 amide bonds. The van der Waals surface area contributed by atoms with Gasteiger partial charge in [-0.05, 0) is 18.2 Å². The molecule has 0 aliphatic heterocycles. The molecule has 7 nitrogen and oxygen atoms in total. The van der Waals surface area contributed by atoms with Gasteiger partial charge in [-0.25, -0.2) is 4.98 Å². The average molecular weight is 372 g/mol. The van der Waals surface area contributed by atoms with Crippen LogP contribution in [-0.4, -0.2) is 24.1 Å². The number of nitro benzene ring substituents is 1. The van der Waals surface area contributed by atoms with Crippen molar-refractivity contribution in [2.24, 2.45) is 0 Å². The molecule has 0 radical (unpaired) electrons. The Kier molecular flexibility index (Phi) is 5.33. The molecule has 2 aromatic carbocycles. The highest BCUT2D eigenvalue weighted by Crippen LogP contribution is 2.39. The molecular formula is C18H16N2O5S. The summed E-state index contributed by atoms with van der Waals surface area (Å²) >= 11 is 1.44. The maximum Gasteiger partial charge on any atom is 0.310 e. The lowest BCUT2D eigenvalue weighted by atomic mass is 10.2. The molecule has 0 fully saturated rings. The Labute approximate surface area is 153 Å². The normalized spacial score (nSPS) is 10.4. The first-order chi connectivity index (χ1) is 12.6. The van der Waals surface area contributed by atoms with Crippen LogP contribution in [0.15, 0.2) is 47.8 Å². The Hall–Kier alpha value is -3.13. The van der Waals surface area contributed by atoms with E-state index in [1.807, 2.05) is 23.6 Å². The fourth-order valence-electron chi connectivity index (χ4n) is 2.43. The number of methoxy groups -OCH3 is 2. The van der Waals surface area contributed by atoms with Crippen molar-refractivity contribution in [2.45, 2.75) is 6.61 Å². The highest BCUT2D eigenvalue weighted by atomic mass is 32.1. The van der Waals surface area contributed by atoms with E-state index in [9.17, 15) is 10.1 Å². The molecule has 26 heavy (non-hydrogen) atoms. The minimum Gasteiger partial charge on any atom is -0.493 e. The Morgan fingerprint density at radius 1 is 1.08 bits per heavy atom. The van der Waals surface area contributed by atoms with E-state index in [1.54, 1.807) is 32.4 Å². The number of hydrogen-bond acceptors (Lipinski definition) is 7. The van der Waals surface area contributed by atoms with Gasteiger partial charge in [0.2, 0.25) is 0 Å². The number of para-hydroxylation sites is 3. The van der Waals surface area contributed by atoms with Crippen LogP contribution in [0.25, 0.3) is 10.6 Å². The van der Waals surface area contributed by atoms with Crippen LogP contribution in [0.4, 0.5) is 5.69 Å². The smallest absolute Gasteiger partial charge is 0.310 e. The first-order valence-corrected chi connectivity index (χ1v) is 8.54. The van der Waals surface area contributed by atoms with Crippen LogP contribution in [0.1, 0.15) is 5.69 Å². The van der Waals surface area contributed by atoms with Gasteiger partial charge in [0.15, 0.2) is 17.2 Å². The van der Waals surface area contributed by atoms with Crippen molar-refractivity contribution in [2.75, 3.05) is 14.2 Å². The fraction of sp³-hybridized carbons (Fsp3) is 0.167. The van der Waals surface area contributed by atoms with Gasteiger partial charge in [0.05, 0.1) is 30.4 Å². The molecule has 0 bridgehead atoms. The molecule has 1 aromatic heterocycles. The zero-order chi connectivity index (χ0) is 18.5. The SMILES string of the molecule is COc1cccc(-c2nc(COc3ccccc3[N+](=O)[O-])cs2)c1OC. The first kappa shape index (κ1) is 17.7. The predicted octanol–water partition coefficient (Wildman–Crippen LogP) is 4.31. The van der Waals surface area contributed by atoms with Gasteiger partial charge in [0, 0.05) is 11.4 Å². The first-order valence-electron chi connectivity index (χ1n) is 7.66. The van der Waals surface area contributed by atoms with Gasteiger partial charge in [-0.3, -0.25) is 10.1 Å². The molecule has 1 heterocycles. The van der Waals surface area contributed by atoms with E-state index >= 15 is 0 Å². The Morgan fingerprint density at radius 3 is 2.58 bits per heavy atom. The summed E-state index contributed by atoms with van der Waals surface area (Å²) in [5.74, 6) is 1.44. The number of aromatic nitrogens is 1. The number of rotatable bonds is 7. The van der Waals surface area contributed by atoms with Crippen LogP contribution in [0.5, 0.6) is 17.2 Å². The van der Waals surface area contributed by atoms with Gasteiger partial charge in [-0.15, -0.1) is 11.3 Å². The van der Waals surface area contributed by atoms with E-state index in [-0.39, 0.29) is 18.0 Å². The lowest BCUT2D eigenvalue weighted by molar-refractivity contribution is -0.385. The minimum absolute atomic E-state index is 0.0718. The molecule has 134 valence electrons. The highest BCUT2D eigenvalue weighted by Gasteiger charge is 2.16. The number of hydrogen-bond donors (Lipinski definition) is 0. The lowest BCUT2D eigenvalue weighted by Gasteiger charge is -2.10. The van der Waals surface area contributed by atoms with Crippen LogP contribution in [0.3, 0.4) is 0 Å². The van der Waals surface area contributed by atoms with Crippen molar-refractivity contribution in [1.29, 1.82) is 0 Å². The van der Waals surface area contributed by atoms with Gasteiger partial charge in [-0.2, -0.15) is 0 Å². The molecule has 0 saturated carbocycles. The van der Waals surface area contributed by atoms with Crippen LogP contribution in [0, 0.1) is 10.1 Å². The van der Waals surface area contributed by atoms with Gasteiger partial charge in [0.1, 0.15) is 11.6 Å². The third-order valence-corrected chi connectivity index (χ3v) is 4.55. The molecule has 3 aromatic rings. The quantitative estimate of drug-likeness (QED) is 0.454. The van der Waals surface area contributed by atoms with Crippen LogP contribution >= 0.6 is 11.3 Å². The second-order valence-corrected chi connectivity index (χ2v) is 6.06. The molecule has 0 saturated heterocycles. The van der Waals surface area contributed by atoms with Crippen LogP contribution in [0.2, 0.25) is 0 Å². The molecule has 0 atom stereocenters. The summed E-state index contributed by atoms with van der Waals surface area (Å²) in [5, 5.41) is 13.6. The molecule has 0 aliphatic rings. The summed E-state index contributed by atoms with van der Waals surface area (Å²) in [6, 6.07) is 11.8. The molecule has 0 aliphatic carbocycles. The van der Waals surface area contributed by atoms with E-state index in [0.717, 1.165) is 10.6 Å². The monoisotopic (exact) mass is 372 g/mol. The molecule has 0 spiro atoms. The summed E-state index contributed by atoms with van der Waals surface area (Å²) in [6.45, 7) is 0.133. The van der Waals surface area contributed by atoms with Crippen molar-refractivity contribution in [3.8, 4) is 27.8 Å². The Morgan fingerprint density at radius 2 is 1.85 bits per heavy atom. The third kappa shape index (κ3) is 3.60. The number of benzene rings is 2. The zero-order valence-electron chi connectivity index (χ0n) is 14.2. The van der Waals surface area contributed by atoms with Gasteiger partial charge in [-0.1, -0.05) is 18.2 Å². The molecule has 0 unspecified atom stereocenters. The number of nitro groups is 1. The maximum atomic E-state index is 11.0. The van der Waals surface area contributed by atoms with Crippen LogP contribution < -0.4 is 14.2 Å². The van der Waals surface area contributed by atoms with Crippen LogP contribution in [-0.2, 0) is 6.61 Å². The average Bonchev–Trinajstić information content (AvgIpc) is 3.14. The molecule has 0 N–H and O–H groups in total. The molecule has 3 rings (SSSR count). The van der Waals surface area contributed by atoms with E-state index in [1.165, 1.54) is 17.4 Å². The number of ether oxygens (including phenoxy) is 3. The van der Waals surface area contributed by atoms with Gasteiger partial charge >= 0.3 is 5.69 Å². The topological polar surface area (TPSA) is 83.7 Å². The van der Waals surface area contributed by atoms with Crippen molar-refractivity contribution in [3.05, 3.63) is 63.7 Å². The number of thiazole rings is 1. The zero-order valence-corrected chi connectivity index (χ0v) is 15.0. The summed E-state index contributed by atoms with van der Waals surface area (Å²) in [7, 11) is 3.16. The highest BCUT2D eigenvalue weighted by molar-refractivity contribution is 7.13. The summed E-state index contributed by atoms with van der Waals surface area (Å²) in [5.41, 5.74) is 1.42. The van der Waals surface area contributed by atoms with Crippen molar-refractivity contribution in [1.82, 2.24) is 4.98 Å².